The number of carbonyl (C=O) groups is 2. The fourth-order valence-electron chi connectivity index (χ4n) is 2.57. The highest BCUT2D eigenvalue weighted by Gasteiger charge is 2.41. The molecule has 2 rings (SSSR count). The normalized spacial score (nSPS) is 20.6. The fourth-order valence-corrected chi connectivity index (χ4v) is 2.57. The lowest BCUT2D eigenvalue weighted by atomic mass is 9.87. The maximum atomic E-state index is 12.5. The second kappa shape index (κ2) is 7.38. The summed E-state index contributed by atoms with van der Waals surface area (Å²) >= 11 is 0. The standard InChI is InChI=1S/C16H22N2O4/c1-3-22-14(19)12-4-6-13(7-5-12)18-15(20)16(11-21-2)8-9-17-10-16/h4-7,17H,3,8-11H2,1-2H3,(H,18,20). The van der Waals surface area contributed by atoms with E-state index < -0.39 is 5.41 Å². The first-order valence-electron chi connectivity index (χ1n) is 7.39. The maximum absolute atomic E-state index is 12.5. The summed E-state index contributed by atoms with van der Waals surface area (Å²) in [6.45, 7) is 3.89. The van der Waals surface area contributed by atoms with Crippen LogP contribution in [0.3, 0.4) is 0 Å². The summed E-state index contributed by atoms with van der Waals surface area (Å²) in [4.78, 5) is 24.1. The number of methoxy groups -OCH3 is 1. The maximum Gasteiger partial charge on any atom is 0.338 e. The molecule has 6 heteroatoms. The monoisotopic (exact) mass is 306 g/mol. The van der Waals surface area contributed by atoms with E-state index in [2.05, 4.69) is 10.6 Å². The first-order valence-corrected chi connectivity index (χ1v) is 7.39. The number of anilines is 1. The minimum absolute atomic E-state index is 0.0664. The first-order chi connectivity index (χ1) is 10.6. The molecule has 0 aromatic heterocycles. The molecule has 1 amide bonds. The smallest absolute Gasteiger partial charge is 0.338 e. The van der Waals surface area contributed by atoms with Crippen LogP contribution in [0, 0.1) is 5.41 Å². The van der Waals surface area contributed by atoms with Crippen molar-refractivity contribution < 1.29 is 19.1 Å². The van der Waals surface area contributed by atoms with Crippen LogP contribution >= 0.6 is 0 Å². The summed E-state index contributed by atoms with van der Waals surface area (Å²) in [7, 11) is 1.60. The van der Waals surface area contributed by atoms with Crippen LogP contribution in [0.15, 0.2) is 24.3 Å². The van der Waals surface area contributed by atoms with Crippen LogP contribution in [0.25, 0.3) is 0 Å². The van der Waals surface area contributed by atoms with Crippen molar-refractivity contribution in [1.29, 1.82) is 0 Å². The number of hydrogen-bond donors (Lipinski definition) is 2. The lowest BCUT2D eigenvalue weighted by molar-refractivity contribution is -0.127. The van der Waals surface area contributed by atoms with Crippen LogP contribution < -0.4 is 10.6 Å². The van der Waals surface area contributed by atoms with Crippen molar-refractivity contribution in [2.45, 2.75) is 13.3 Å². The number of esters is 1. The molecule has 22 heavy (non-hydrogen) atoms. The Kier molecular flexibility index (Phi) is 5.51. The van der Waals surface area contributed by atoms with E-state index >= 15 is 0 Å². The molecule has 1 fully saturated rings. The topological polar surface area (TPSA) is 76.7 Å². The predicted molar refractivity (Wildman–Crippen MR) is 82.8 cm³/mol. The average molecular weight is 306 g/mol. The van der Waals surface area contributed by atoms with Crippen molar-refractivity contribution in [3.05, 3.63) is 29.8 Å². The van der Waals surface area contributed by atoms with Crippen molar-refractivity contribution >= 4 is 17.6 Å². The molecule has 120 valence electrons. The van der Waals surface area contributed by atoms with Gasteiger partial charge in [-0.1, -0.05) is 0 Å². The number of hydrogen-bond acceptors (Lipinski definition) is 5. The lowest BCUT2D eigenvalue weighted by Crippen LogP contribution is -2.41. The molecule has 0 saturated carbocycles. The van der Waals surface area contributed by atoms with Crippen LogP contribution in [0.4, 0.5) is 5.69 Å². The predicted octanol–water partition coefficient (Wildman–Crippen LogP) is 1.43. The Balaban J connectivity index is 2.03. The van der Waals surface area contributed by atoms with Gasteiger partial charge in [0.05, 0.1) is 24.2 Å². The molecule has 1 aromatic rings. The molecule has 6 nitrogen and oxygen atoms in total. The number of amides is 1. The van der Waals surface area contributed by atoms with Gasteiger partial charge in [0.1, 0.15) is 0 Å². The first kappa shape index (κ1) is 16.5. The Bertz CT molecular complexity index is 521. The number of ether oxygens (including phenoxy) is 2. The van der Waals surface area contributed by atoms with Gasteiger partial charge < -0.3 is 20.1 Å². The van der Waals surface area contributed by atoms with Crippen molar-refractivity contribution in [2.75, 3.05) is 38.7 Å². The molecular weight excluding hydrogens is 284 g/mol. The van der Waals surface area contributed by atoms with Gasteiger partial charge in [-0.05, 0) is 44.2 Å². The molecule has 0 bridgehead atoms. The van der Waals surface area contributed by atoms with E-state index in [1.54, 1.807) is 38.3 Å². The van der Waals surface area contributed by atoms with Gasteiger partial charge in [-0.25, -0.2) is 4.79 Å². The summed E-state index contributed by atoms with van der Waals surface area (Å²) in [5, 5.41) is 6.10. The van der Waals surface area contributed by atoms with Crippen molar-refractivity contribution in [2.24, 2.45) is 5.41 Å². The highest BCUT2D eigenvalue weighted by molar-refractivity contribution is 5.96. The number of benzene rings is 1. The van der Waals surface area contributed by atoms with E-state index in [1.165, 1.54) is 0 Å². The number of rotatable bonds is 6. The molecule has 1 aliphatic rings. The van der Waals surface area contributed by atoms with Gasteiger partial charge in [0, 0.05) is 19.3 Å². The van der Waals surface area contributed by atoms with Gasteiger partial charge in [-0.3, -0.25) is 4.79 Å². The Morgan fingerprint density at radius 2 is 2.05 bits per heavy atom. The van der Waals surface area contributed by atoms with E-state index in [0.717, 1.165) is 13.0 Å². The van der Waals surface area contributed by atoms with E-state index in [1.807, 2.05) is 0 Å². The van der Waals surface area contributed by atoms with Gasteiger partial charge in [-0.2, -0.15) is 0 Å². The fraction of sp³-hybridized carbons (Fsp3) is 0.500. The van der Waals surface area contributed by atoms with E-state index in [4.69, 9.17) is 9.47 Å². The van der Waals surface area contributed by atoms with Gasteiger partial charge in [0.15, 0.2) is 0 Å². The average Bonchev–Trinajstić information content (AvgIpc) is 2.98. The van der Waals surface area contributed by atoms with Crippen molar-refractivity contribution in [3.8, 4) is 0 Å². The zero-order valence-corrected chi connectivity index (χ0v) is 13.0. The minimum atomic E-state index is -0.533. The third-order valence-electron chi connectivity index (χ3n) is 3.80. The molecule has 1 saturated heterocycles. The zero-order chi connectivity index (χ0) is 16.0. The van der Waals surface area contributed by atoms with Gasteiger partial charge in [-0.15, -0.1) is 0 Å². The van der Waals surface area contributed by atoms with E-state index in [9.17, 15) is 9.59 Å². The van der Waals surface area contributed by atoms with Crippen LogP contribution in [0.5, 0.6) is 0 Å². The molecule has 0 radical (unpaired) electrons. The Morgan fingerprint density at radius 1 is 1.32 bits per heavy atom. The molecule has 1 heterocycles. The SMILES string of the molecule is CCOC(=O)c1ccc(NC(=O)C2(COC)CCNC2)cc1. The third-order valence-corrected chi connectivity index (χ3v) is 3.80. The molecule has 1 aliphatic heterocycles. The summed E-state index contributed by atoms with van der Waals surface area (Å²) in [6, 6.07) is 6.69. The molecular formula is C16H22N2O4. The van der Waals surface area contributed by atoms with E-state index in [0.29, 0.717) is 31.0 Å². The van der Waals surface area contributed by atoms with Crippen LogP contribution in [-0.2, 0) is 14.3 Å². The largest absolute Gasteiger partial charge is 0.462 e. The summed E-state index contributed by atoms with van der Waals surface area (Å²) in [6.07, 6.45) is 0.744. The molecule has 0 aliphatic carbocycles. The summed E-state index contributed by atoms with van der Waals surface area (Å²) in [5.74, 6) is -0.431. The Labute approximate surface area is 130 Å². The van der Waals surface area contributed by atoms with Gasteiger partial charge in [0.2, 0.25) is 5.91 Å². The van der Waals surface area contributed by atoms with Gasteiger partial charge in [0.25, 0.3) is 0 Å². The van der Waals surface area contributed by atoms with E-state index in [-0.39, 0.29) is 11.9 Å². The minimum Gasteiger partial charge on any atom is -0.462 e. The number of carbonyl (C=O) groups excluding carboxylic acids is 2. The Morgan fingerprint density at radius 3 is 2.59 bits per heavy atom. The molecule has 1 aromatic carbocycles. The number of nitrogens with one attached hydrogen (secondary N) is 2. The van der Waals surface area contributed by atoms with Gasteiger partial charge >= 0.3 is 5.97 Å². The van der Waals surface area contributed by atoms with Crippen LogP contribution in [-0.4, -0.2) is 45.3 Å². The molecule has 1 unspecified atom stereocenters. The molecule has 1 atom stereocenters. The molecule has 2 N–H and O–H groups in total. The molecule has 0 spiro atoms. The van der Waals surface area contributed by atoms with Crippen molar-refractivity contribution in [1.82, 2.24) is 5.32 Å². The van der Waals surface area contributed by atoms with Crippen LogP contribution in [0.1, 0.15) is 23.7 Å². The zero-order valence-electron chi connectivity index (χ0n) is 13.0. The highest BCUT2D eigenvalue weighted by atomic mass is 16.5. The Hall–Kier alpha value is -1.92. The summed E-state index contributed by atoms with van der Waals surface area (Å²) < 4.78 is 10.1. The highest BCUT2D eigenvalue weighted by Crippen LogP contribution is 2.27. The quantitative estimate of drug-likeness (QED) is 0.778. The van der Waals surface area contributed by atoms with Crippen molar-refractivity contribution in [3.63, 3.8) is 0 Å². The van der Waals surface area contributed by atoms with Crippen LogP contribution in [0.2, 0.25) is 0 Å². The second-order valence-corrected chi connectivity index (χ2v) is 5.39. The lowest BCUT2D eigenvalue weighted by Gasteiger charge is -2.25. The second-order valence-electron chi connectivity index (χ2n) is 5.39. The third kappa shape index (κ3) is 3.64. The summed E-state index contributed by atoms with van der Waals surface area (Å²) in [5.41, 5.74) is 0.587.